The monoisotopic (exact) mass is 367 g/mol. The Balaban J connectivity index is 1.19. The van der Waals surface area contributed by atoms with Gasteiger partial charge < -0.3 is 0 Å². The Morgan fingerprint density at radius 2 is 1.92 bits per heavy atom. The summed E-state index contributed by atoms with van der Waals surface area (Å²) in [7, 11) is 0. The first kappa shape index (κ1) is 17.4. The van der Waals surface area contributed by atoms with Gasteiger partial charge >= 0.3 is 0 Å². The average Bonchev–Trinajstić information content (AvgIpc) is 3.19. The molecule has 1 aromatic carbocycles. The average molecular weight is 368 g/mol. The predicted molar refractivity (Wildman–Crippen MR) is 105 cm³/mol. The summed E-state index contributed by atoms with van der Waals surface area (Å²) < 4.78 is 0. The number of tetrazole rings is 1. The molecule has 1 fully saturated rings. The highest BCUT2D eigenvalue weighted by Gasteiger charge is 2.28. The molecule has 1 saturated carbocycles. The molecule has 5 nitrogen and oxygen atoms in total. The highest BCUT2D eigenvalue weighted by molar-refractivity contribution is 7.09. The molecule has 136 valence electrons. The summed E-state index contributed by atoms with van der Waals surface area (Å²) in [5, 5.41) is 15.0. The molecule has 4 rings (SSSR count). The standard InChI is InChI=1S/C20H25N5S/c1-3-8-17(9-4-1)20-21-23-25(22-20)14-6-2-5-13-24(18-11-12-18)16-19-10-7-15-26-19/h1,3-4,7-10,15,18H,2,5-6,11-14,16H2. The van der Waals surface area contributed by atoms with E-state index >= 15 is 0 Å². The molecule has 0 amide bonds. The first-order valence-electron chi connectivity index (χ1n) is 9.48. The van der Waals surface area contributed by atoms with Crippen molar-refractivity contribution in [2.75, 3.05) is 6.54 Å². The molecule has 2 aromatic heterocycles. The van der Waals surface area contributed by atoms with E-state index in [0.29, 0.717) is 5.82 Å². The van der Waals surface area contributed by atoms with Crippen LogP contribution in [-0.2, 0) is 13.1 Å². The van der Waals surface area contributed by atoms with E-state index in [-0.39, 0.29) is 0 Å². The molecule has 0 bridgehead atoms. The van der Waals surface area contributed by atoms with Crippen LogP contribution in [0.25, 0.3) is 11.4 Å². The molecule has 3 aromatic rings. The first-order chi connectivity index (χ1) is 12.9. The fraction of sp³-hybridized carbons (Fsp3) is 0.450. The van der Waals surface area contributed by atoms with Gasteiger partial charge in [-0.3, -0.25) is 4.90 Å². The summed E-state index contributed by atoms with van der Waals surface area (Å²) in [4.78, 5) is 5.87. The van der Waals surface area contributed by atoms with E-state index in [0.717, 1.165) is 31.1 Å². The topological polar surface area (TPSA) is 46.8 Å². The molecule has 2 heterocycles. The van der Waals surface area contributed by atoms with Gasteiger partial charge in [-0.2, -0.15) is 4.80 Å². The maximum absolute atomic E-state index is 4.49. The van der Waals surface area contributed by atoms with Crippen LogP contribution in [-0.4, -0.2) is 37.7 Å². The van der Waals surface area contributed by atoms with E-state index in [9.17, 15) is 0 Å². The zero-order valence-corrected chi connectivity index (χ0v) is 15.8. The van der Waals surface area contributed by atoms with Crippen LogP contribution in [0, 0.1) is 0 Å². The van der Waals surface area contributed by atoms with Gasteiger partial charge in [0.15, 0.2) is 0 Å². The molecule has 0 N–H and O–H groups in total. The summed E-state index contributed by atoms with van der Waals surface area (Å²) >= 11 is 1.87. The number of hydrogen-bond donors (Lipinski definition) is 0. The SMILES string of the molecule is c1ccc(-c2nnn(CCCCCN(Cc3cccs3)C3CC3)n2)cc1. The van der Waals surface area contributed by atoms with E-state index < -0.39 is 0 Å². The van der Waals surface area contributed by atoms with Gasteiger partial charge in [0.25, 0.3) is 0 Å². The minimum atomic E-state index is 0.710. The third kappa shape index (κ3) is 4.77. The maximum atomic E-state index is 4.49. The van der Waals surface area contributed by atoms with Crippen LogP contribution in [0.5, 0.6) is 0 Å². The van der Waals surface area contributed by atoms with Crippen LogP contribution in [0.15, 0.2) is 47.8 Å². The summed E-state index contributed by atoms with van der Waals surface area (Å²) in [5.74, 6) is 0.710. The number of unbranched alkanes of at least 4 members (excludes halogenated alkanes) is 2. The molecular weight excluding hydrogens is 342 g/mol. The van der Waals surface area contributed by atoms with Crippen molar-refractivity contribution < 1.29 is 0 Å². The largest absolute Gasteiger partial charge is 0.295 e. The van der Waals surface area contributed by atoms with E-state index in [4.69, 9.17) is 0 Å². The van der Waals surface area contributed by atoms with Gasteiger partial charge in [-0.15, -0.1) is 21.5 Å². The van der Waals surface area contributed by atoms with E-state index in [2.05, 4.69) is 37.8 Å². The third-order valence-corrected chi connectivity index (χ3v) is 5.65. The Morgan fingerprint density at radius 1 is 1.04 bits per heavy atom. The Bertz CT molecular complexity index is 780. The van der Waals surface area contributed by atoms with Crippen LogP contribution < -0.4 is 0 Å². The van der Waals surface area contributed by atoms with Crippen molar-refractivity contribution in [1.82, 2.24) is 25.1 Å². The number of nitrogens with zero attached hydrogens (tertiary/aromatic N) is 5. The van der Waals surface area contributed by atoms with E-state index in [1.807, 2.05) is 41.7 Å². The second-order valence-corrected chi connectivity index (χ2v) is 7.95. The van der Waals surface area contributed by atoms with Gasteiger partial charge in [-0.05, 0) is 48.9 Å². The minimum absolute atomic E-state index is 0.710. The Hall–Kier alpha value is -2.05. The molecule has 1 aliphatic rings. The molecule has 26 heavy (non-hydrogen) atoms. The maximum Gasteiger partial charge on any atom is 0.204 e. The molecule has 0 aliphatic heterocycles. The second kappa shape index (κ2) is 8.56. The molecule has 6 heteroatoms. The van der Waals surface area contributed by atoms with Crippen molar-refractivity contribution in [3.8, 4) is 11.4 Å². The second-order valence-electron chi connectivity index (χ2n) is 6.92. The Kier molecular flexibility index (Phi) is 5.72. The number of aromatic nitrogens is 4. The minimum Gasteiger partial charge on any atom is -0.295 e. The van der Waals surface area contributed by atoms with Crippen LogP contribution in [0.4, 0.5) is 0 Å². The summed E-state index contributed by atoms with van der Waals surface area (Å²) in [6.07, 6.45) is 6.28. The first-order valence-corrected chi connectivity index (χ1v) is 10.4. The highest BCUT2D eigenvalue weighted by atomic mass is 32.1. The molecule has 0 unspecified atom stereocenters. The lowest BCUT2D eigenvalue weighted by atomic mass is 10.2. The Morgan fingerprint density at radius 3 is 2.69 bits per heavy atom. The van der Waals surface area contributed by atoms with Gasteiger partial charge in [0.1, 0.15) is 0 Å². The lowest BCUT2D eigenvalue weighted by molar-refractivity contribution is 0.249. The highest BCUT2D eigenvalue weighted by Crippen LogP contribution is 2.29. The lowest BCUT2D eigenvalue weighted by Crippen LogP contribution is -2.26. The zero-order valence-electron chi connectivity index (χ0n) is 15.0. The van der Waals surface area contributed by atoms with Gasteiger partial charge in [-0.25, -0.2) is 0 Å². The van der Waals surface area contributed by atoms with Gasteiger partial charge in [0.05, 0.1) is 6.54 Å². The lowest BCUT2D eigenvalue weighted by Gasteiger charge is -2.21. The predicted octanol–water partition coefficient (Wildman–Crippen LogP) is 4.24. The van der Waals surface area contributed by atoms with Crippen LogP contribution >= 0.6 is 11.3 Å². The van der Waals surface area contributed by atoms with Gasteiger partial charge in [-0.1, -0.05) is 42.8 Å². The fourth-order valence-electron chi connectivity index (χ4n) is 3.22. The molecular formula is C20H25N5S. The van der Waals surface area contributed by atoms with E-state index in [1.165, 1.54) is 37.1 Å². The molecule has 0 radical (unpaired) electrons. The number of benzene rings is 1. The normalized spacial score (nSPS) is 14.2. The van der Waals surface area contributed by atoms with Crippen molar-refractivity contribution in [3.05, 3.63) is 52.7 Å². The van der Waals surface area contributed by atoms with Crippen molar-refractivity contribution in [2.45, 2.75) is 51.2 Å². The van der Waals surface area contributed by atoms with Crippen LogP contribution in [0.3, 0.4) is 0 Å². The quantitative estimate of drug-likeness (QED) is 0.503. The molecule has 1 aliphatic carbocycles. The van der Waals surface area contributed by atoms with E-state index in [1.54, 1.807) is 4.80 Å². The van der Waals surface area contributed by atoms with Crippen molar-refractivity contribution in [2.24, 2.45) is 0 Å². The van der Waals surface area contributed by atoms with Crippen LogP contribution in [0.1, 0.15) is 37.0 Å². The summed E-state index contributed by atoms with van der Waals surface area (Å²) in [5.41, 5.74) is 1.02. The fourth-order valence-corrected chi connectivity index (χ4v) is 3.95. The number of hydrogen-bond acceptors (Lipinski definition) is 5. The third-order valence-electron chi connectivity index (χ3n) is 4.79. The smallest absolute Gasteiger partial charge is 0.204 e. The van der Waals surface area contributed by atoms with Crippen molar-refractivity contribution in [3.63, 3.8) is 0 Å². The van der Waals surface area contributed by atoms with Gasteiger partial charge in [0, 0.05) is 23.0 Å². The number of aryl methyl sites for hydroxylation is 1. The summed E-state index contributed by atoms with van der Waals surface area (Å²) in [6, 6.07) is 15.2. The van der Waals surface area contributed by atoms with Gasteiger partial charge in [0.2, 0.25) is 5.82 Å². The zero-order chi connectivity index (χ0) is 17.6. The molecule has 0 saturated heterocycles. The van der Waals surface area contributed by atoms with Crippen LogP contribution in [0.2, 0.25) is 0 Å². The van der Waals surface area contributed by atoms with Crippen molar-refractivity contribution >= 4 is 11.3 Å². The molecule has 0 spiro atoms. The number of thiophene rings is 1. The Labute approximate surface area is 158 Å². The molecule has 0 atom stereocenters. The number of rotatable bonds is 10. The van der Waals surface area contributed by atoms with Crippen molar-refractivity contribution in [1.29, 1.82) is 0 Å². The summed E-state index contributed by atoms with van der Waals surface area (Å²) in [6.45, 7) is 3.16.